The molecule has 0 bridgehead atoms. The summed E-state index contributed by atoms with van der Waals surface area (Å²) in [6.07, 6.45) is 4.07. The van der Waals surface area contributed by atoms with Gasteiger partial charge in [-0.2, -0.15) is 5.26 Å². The average molecular weight is 420 g/mol. The molecule has 30 heavy (non-hydrogen) atoms. The van der Waals surface area contributed by atoms with E-state index in [0.717, 1.165) is 36.9 Å². The summed E-state index contributed by atoms with van der Waals surface area (Å²) in [6, 6.07) is 14.6. The van der Waals surface area contributed by atoms with E-state index in [2.05, 4.69) is 21.5 Å². The van der Waals surface area contributed by atoms with Gasteiger partial charge in [-0.25, -0.2) is 9.67 Å². The molecule has 2 N–H and O–H groups in total. The Kier molecular flexibility index (Phi) is 5.72. The van der Waals surface area contributed by atoms with E-state index in [1.165, 1.54) is 22.5 Å². The summed E-state index contributed by atoms with van der Waals surface area (Å²) in [7, 11) is 0. The molecule has 0 saturated carbocycles. The first-order valence-corrected chi connectivity index (χ1v) is 10.7. The van der Waals surface area contributed by atoms with E-state index < -0.39 is 5.25 Å². The van der Waals surface area contributed by atoms with Crippen molar-refractivity contribution in [2.24, 2.45) is 0 Å². The second kappa shape index (κ2) is 8.59. The lowest BCUT2D eigenvalue weighted by molar-refractivity contribution is -0.115. The molecule has 1 atom stereocenters. The molecule has 2 aromatic heterocycles. The van der Waals surface area contributed by atoms with Crippen molar-refractivity contribution in [3.05, 3.63) is 69.6 Å². The first-order chi connectivity index (χ1) is 14.5. The minimum absolute atomic E-state index is 0.264. The summed E-state index contributed by atoms with van der Waals surface area (Å²) < 4.78 is 1.37. The van der Waals surface area contributed by atoms with Crippen LogP contribution in [-0.2, 0) is 17.6 Å². The second-order valence-corrected chi connectivity index (χ2v) is 8.52. The number of H-pyrrole nitrogens is 1. The number of hydrogen-bond donors (Lipinski definition) is 2. The number of para-hydroxylation sites is 1. The fourth-order valence-electron chi connectivity index (χ4n) is 3.47. The number of pyridine rings is 1. The van der Waals surface area contributed by atoms with Crippen LogP contribution in [0.5, 0.6) is 0 Å². The first-order valence-electron chi connectivity index (χ1n) is 9.83. The van der Waals surface area contributed by atoms with Crippen molar-refractivity contribution in [1.29, 1.82) is 5.26 Å². The maximum absolute atomic E-state index is 12.7. The largest absolute Gasteiger partial charge is 0.310 e. The normalized spacial score (nSPS) is 13.9. The van der Waals surface area contributed by atoms with Crippen LogP contribution >= 0.6 is 11.8 Å². The topological polar surface area (TPSA) is 104 Å². The molecule has 1 unspecified atom stereocenters. The van der Waals surface area contributed by atoms with Crippen molar-refractivity contribution < 1.29 is 4.79 Å². The summed E-state index contributed by atoms with van der Waals surface area (Å²) >= 11 is 1.26. The number of hydrogen-bond acceptors (Lipinski definition) is 5. The van der Waals surface area contributed by atoms with Crippen LogP contribution in [0.15, 0.2) is 52.3 Å². The van der Waals surface area contributed by atoms with E-state index in [4.69, 9.17) is 0 Å². The number of nitrogens with zero attached hydrogens (tertiary/aromatic N) is 3. The zero-order chi connectivity index (χ0) is 21.1. The first kappa shape index (κ1) is 20.0. The Morgan fingerprint density at radius 2 is 2.03 bits per heavy atom. The number of benzene rings is 1. The van der Waals surface area contributed by atoms with E-state index in [1.807, 2.05) is 24.3 Å². The van der Waals surface area contributed by atoms with Gasteiger partial charge < -0.3 is 5.32 Å². The molecule has 1 aliphatic carbocycles. The third-order valence-corrected chi connectivity index (χ3v) is 6.14. The lowest BCUT2D eigenvalue weighted by Crippen LogP contribution is -2.23. The highest BCUT2D eigenvalue weighted by Crippen LogP contribution is 2.30. The Balaban J connectivity index is 1.49. The lowest BCUT2D eigenvalue weighted by atomic mass is 9.95. The van der Waals surface area contributed by atoms with E-state index in [0.29, 0.717) is 22.1 Å². The number of amides is 1. The molecule has 0 saturated heterocycles. The average Bonchev–Trinajstić information content (AvgIpc) is 3.13. The third-order valence-electron chi connectivity index (χ3n) is 5.04. The van der Waals surface area contributed by atoms with E-state index >= 15 is 0 Å². The van der Waals surface area contributed by atoms with Gasteiger partial charge in [0.2, 0.25) is 5.91 Å². The molecule has 4 rings (SSSR count). The van der Waals surface area contributed by atoms with Crippen molar-refractivity contribution in [1.82, 2.24) is 14.8 Å². The van der Waals surface area contributed by atoms with E-state index in [1.54, 1.807) is 19.1 Å². The maximum Gasteiger partial charge on any atom is 0.273 e. The second-order valence-electron chi connectivity index (χ2n) is 7.19. The molecule has 0 aliphatic heterocycles. The summed E-state index contributed by atoms with van der Waals surface area (Å²) in [4.78, 5) is 29.6. The number of carbonyl (C=O) groups excluding carboxylic acids is 1. The van der Waals surface area contributed by atoms with Gasteiger partial charge in [-0.05, 0) is 56.4 Å². The smallest absolute Gasteiger partial charge is 0.273 e. The molecular formula is C22H21N5O2S. The summed E-state index contributed by atoms with van der Waals surface area (Å²) in [5.74, 6) is 0.0464. The van der Waals surface area contributed by atoms with Crippen LogP contribution < -0.4 is 10.9 Å². The number of nitrogens with one attached hydrogen (secondary N) is 2. The zero-order valence-electron chi connectivity index (χ0n) is 16.5. The van der Waals surface area contributed by atoms with Crippen molar-refractivity contribution in [2.45, 2.75) is 42.9 Å². The van der Waals surface area contributed by atoms with Gasteiger partial charge in [0.05, 0.1) is 16.5 Å². The molecule has 7 nitrogen and oxygen atoms in total. The van der Waals surface area contributed by atoms with Gasteiger partial charge in [-0.1, -0.05) is 30.0 Å². The van der Waals surface area contributed by atoms with E-state index in [-0.39, 0.29) is 11.5 Å². The number of aryl methyl sites for hydroxylation is 2. The predicted octanol–water partition coefficient (Wildman–Crippen LogP) is 3.43. The minimum atomic E-state index is -0.491. The standard InChI is InChI=1S/C22H21N5O2S/c1-14(30-22-16(13-23)11-15-7-5-6-10-18(15)24-22)21(29)25-19-12-20(28)27(26-19)17-8-3-2-4-9-17/h2-4,8-9,11-12,14,26H,5-7,10H2,1H3,(H,25,29). The SMILES string of the molecule is CC(Sc1nc2c(cc1C#N)CCCC2)C(=O)Nc1cc(=O)n(-c2ccccc2)[nH]1. The highest BCUT2D eigenvalue weighted by molar-refractivity contribution is 8.00. The number of aromatic amines is 1. The van der Waals surface area contributed by atoms with Crippen molar-refractivity contribution >= 4 is 23.5 Å². The number of thioether (sulfide) groups is 1. The lowest BCUT2D eigenvalue weighted by Gasteiger charge is -2.17. The van der Waals surface area contributed by atoms with Crippen LogP contribution in [0.1, 0.15) is 36.6 Å². The minimum Gasteiger partial charge on any atom is -0.310 e. The molecule has 2 heterocycles. The number of nitriles is 1. The number of carbonyl (C=O) groups is 1. The van der Waals surface area contributed by atoms with Crippen LogP contribution in [0.3, 0.4) is 0 Å². The van der Waals surface area contributed by atoms with Crippen molar-refractivity contribution in [2.75, 3.05) is 5.32 Å². The Hall–Kier alpha value is -3.31. The van der Waals surface area contributed by atoms with Gasteiger partial charge in [0.15, 0.2) is 0 Å². The number of rotatable bonds is 5. The molecule has 0 spiro atoms. The molecule has 0 fully saturated rings. The molecular weight excluding hydrogens is 398 g/mol. The molecule has 1 aliphatic rings. The molecule has 0 radical (unpaired) electrons. The summed E-state index contributed by atoms with van der Waals surface area (Å²) in [6.45, 7) is 1.76. The van der Waals surface area contributed by atoms with Crippen LogP contribution in [0.2, 0.25) is 0 Å². The molecule has 1 aromatic carbocycles. The quantitative estimate of drug-likeness (QED) is 0.617. The Morgan fingerprint density at radius 1 is 1.27 bits per heavy atom. The van der Waals surface area contributed by atoms with Crippen molar-refractivity contribution in [3.8, 4) is 11.8 Å². The Bertz CT molecular complexity index is 1180. The monoisotopic (exact) mass is 419 g/mol. The third kappa shape index (κ3) is 4.16. The molecule has 3 aromatic rings. The highest BCUT2D eigenvalue weighted by Gasteiger charge is 2.21. The molecule has 1 amide bonds. The van der Waals surface area contributed by atoms with Gasteiger partial charge >= 0.3 is 0 Å². The Morgan fingerprint density at radius 3 is 2.80 bits per heavy atom. The predicted molar refractivity (Wildman–Crippen MR) is 116 cm³/mol. The number of fused-ring (bicyclic) bond motifs is 1. The maximum atomic E-state index is 12.7. The van der Waals surface area contributed by atoms with Gasteiger partial charge in [0, 0.05) is 11.8 Å². The fourth-order valence-corrected chi connectivity index (χ4v) is 4.36. The zero-order valence-corrected chi connectivity index (χ0v) is 17.3. The van der Waals surface area contributed by atoms with Crippen LogP contribution in [0, 0.1) is 11.3 Å². The van der Waals surface area contributed by atoms with E-state index in [9.17, 15) is 14.9 Å². The van der Waals surface area contributed by atoms with Crippen LogP contribution in [-0.4, -0.2) is 25.9 Å². The van der Waals surface area contributed by atoms with Gasteiger partial charge in [0.1, 0.15) is 16.9 Å². The van der Waals surface area contributed by atoms with Crippen molar-refractivity contribution in [3.63, 3.8) is 0 Å². The Labute approximate surface area is 178 Å². The van der Waals surface area contributed by atoms with Gasteiger partial charge in [-0.15, -0.1) is 0 Å². The molecule has 152 valence electrons. The van der Waals surface area contributed by atoms with Crippen LogP contribution in [0.4, 0.5) is 5.82 Å². The number of aromatic nitrogens is 3. The summed E-state index contributed by atoms with van der Waals surface area (Å²) in [5.41, 5.74) is 3.09. The van der Waals surface area contributed by atoms with Gasteiger partial charge in [-0.3, -0.25) is 14.7 Å². The highest BCUT2D eigenvalue weighted by atomic mass is 32.2. The number of anilines is 1. The molecule has 8 heteroatoms. The summed E-state index contributed by atoms with van der Waals surface area (Å²) in [5, 5.41) is 15.2. The van der Waals surface area contributed by atoms with Gasteiger partial charge in [0.25, 0.3) is 5.56 Å². The fraction of sp³-hybridized carbons (Fsp3) is 0.273. The van der Waals surface area contributed by atoms with Crippen LogP contribution in [0.25, 0.3) is 5.69 Å².